The Morgan fingerprint density at radius 3 is 2.59 bits per heavy atom. The van der Waals surface area contributed by atoms with E-state index in [0.717, 1.165) is 45.6 Å². The number of carbonyl (C=O) groups is 1. The molecule has 2 aliphatic heterocycles. The van der Waals surface area contributed by atoms with E-state index in [1.165, 1.54) is 31.5 Å². The second-order valence-electron chi connectivity index (χ2n) is 7.10. The van der Waals surface area contributed by atoms with Crippen LogP contribution < -0.4 is 0 Å². The summed E-state index contributed by atoms with van der Waals surface area (Å²) < 4.78 is 0. The van der Waals surface area contributed by atoms with E-state index < -0.39 is 0 Å². The lowest BCUT2D eigenvalue weighted by Gasteiger charge is -2.34. The molecule has 0 saturated carbocycles. The zero-order chi connectivity index (χ0) is 15.9. The van der Waals surface area contributed by atoms with Crippen LogP contribution in [-0.4, -0.2) is 73.5 Å². The first-order valence-corrected chi connectivity index (χ1v) is 8.89. The summed E-state index contributed by atoms with van der Waals surface area (Å²) in [5, 5.41) is 0. The molecule has 0 aromatic heterocycles. The lowest BCUT2D eigenvalue weighted by atomic mass is 9.93. The minimum atomic E-state index is 0.370. The van der Waals surface area contributed by atoms with Gasteiger partial charge in [0.15, 0.2) is 0 Å². The van der Waals surface area contributed by atoms with Crippen LogP contribution in [0.5, 0.6) is 0 Å². The Balaban J connectivity index is 1.70. The van der Waals surface area contributed by atoms with E-state index in [9.17, 15) is 4.79 Å². The zero-order valence-corrected chi connectivity index (χ0v) is 14.7. The van der Waals surface area contributed by atoms with Crippen molar-refractivity contribution in [1.29, 1.82) is 0 Å². The van der Waals surface area contributed by atoms with Crippen molar-refractivity contribution < 1.29 is 4.79 Å². The molecule has 0 spiro atoms. The van der Waals surface area contributed by atoms with Crippen molar-refractivity contribution in [1.82, 2.24) is 14.7 Å². The summed E-state index contributed by atoms with van der Waals surface area (Å²) in [7, 11) is 2.13. The molecule has 1 unspecified atom stereocenters. The molecule has 2 fully saturated rings. The number of amides is 1. The van der Waals surface area contributed by atoms with E-state index >= 15 is 0 Å². The van der Waals surface area contributed by atoms with E-state index in [1.807, 2.05) is 0 Å². The fourth-order valence-corrected chi connectivity index (χ4v) is 3.52. The molecule has 2 saturated heterocycles. The van der Waals surface area contributed by atoms with Crippen LogP contribution in [-0.2, 0) is 4.79 Å². The van der Waals surface area contributed by atoms with Crippen LogP contribution in [0.4, 0.5) is 0 Å². The van der Waals surface area contributed by atoms with E-state index in [1.54, 1.807) is 0 Å². The predicted octanol–water partition coefficient (Wildman–Crippen LogP) is 2.22. The molecule has 0 aromatic rings. The molecule has 1 amide bonds. The second kappa shape index (κ2) is 8.68. The Morgan fingerprint density at radius 2 is 1.91 bits per heavy atom. The predicted molar refractivity (Wildman–Crippen MR) is 91.9 cm³/mol. The number of hydrogen-bond donors (Lipinski definition) is 0. The van der Waals surface area contributed by atoms with Gasteiger partial charge in [0.05, 0.1) is 0 Å². The molecule has 0 radical (unpaired) electrons. The van der Waals surface area contributed by atoms with Gasteiger partial charge in [-0.1, -0.05) is 11.6 Å². The molecule has 126 valence electrons. The van der Waals surface area contributed by atoms with Gasteiger partial charge in [-0.05, 0) is 52.6 Å². The Hall–Kier alpha value is -0.870. The molecule has 4 nitrogen and oxygen atoms in total. The number of nitrogens with zero attached hydrogens (tertiary/aromatic N) is 3. The monoisotopic (exact) mass is 307 g/mol. The molecule has 2 rings (SSSR count). The summed E-state index contributed by atoms with van der Waals surface area (Å²) in [6.45, 7) is 11.7. The zero-order valence-electron chi connectivity index (χ0n) is 14.7. The Labute approximate surface area is 136 Å². The van der Waals surface area contributed by atoms with Crippen LogP contribution in [0.1, 0.15) is 39.5 Å². The highest BCUT2D eigenvalue weighted by atomic mass is 16.2. The maximum absolute atomic E-state index is 12.3. The molecule has 2 aliphatic rings. The second-order valence-corrected chi connectivity index (χ2v) is 7.10. The standard InChI is InChI=1S/C18H33N3O/c1-4-16(2)14-20-9-5-6-17(15-20)7-8-18(22)21-12-10-19(3)11-13-21/h4,17H,5-15H2,1-3H3/b16-4+. The first-order chi connectivity index (χ1) is 10.6. The van der Waals surface area contributed by atoms with Gasteiger partial charge in [0, 0.05) is 45.7 Å². The van der Waals surface area contributed by atoms with Crippen LogP contribution in [0.15, 0.2) is 11.6 Å². The minimum absolute atomic E-state index is 0.370. The highest BCUT2D eigenvalue weighted by Gasteiger charge is 2.23. The van der Waals surface area contributed by atoms with Crippen molar-refractivity contribution in [2.24, 2.45) is 5.92 Å². The van der Waals surface area contributed by atoms with Gasteiger partial charge in [0.25, 0.3) is 0 Å². The lowest BCUT2D eigenvalue weighted by molar-refractivity contribution is -0.133. The molecule has 0 aromatic carbocycles. The first-order valence-electron chi connectivity index (χ1n) is 8.89. The third kappa shape index (κ3) is 5.40. The van der Waals surface area contributed by atoms with Gasteiger partial charge in [0.1, 0.15) is 0 Å². The van der Waals surface area contributed by atoms with Crippen molar-refractivity contribution in [3.05, 3.63) is 11.6 Å². The van der Waals surface area contributed by atoms with Crippen LogP contribution >= 0.6 is 0 Å². The Bertz CT molecular complexity index is 386. The SMILES string of the molecule is C/C=C(\C)CN1CCCC(CCC(=O)N2CCN(C)CC2)C1. The third-order valence-corrected chi connectivity index (χ3v) is 5.19. The maximum atomic E-state index is 12.3. The smallest absolute Gasteiger partial charge is 0.222 e. The maximum Gasteiger partial charge on any atom is 0.222 e. The van der Waals surface area contributed by atoms with Crippen molar-refractivity contribution in [3.8, 4) is 0 Å². The van der Waals surface area contributed by atoms with Gasteiger partial charge in [0.2, 0.25) is 5.91 Å². The van der Waals surface area contributed by atoms with E-state index in [-0.39, 0.29) is 0 Å². The fraction of sp³-hybridized carbons (Fsp3) is 0.833. The summed E-state index contributed by atoms with van der Waals surface area (Å²) >= 11 is 0. The molecular weight excluding hydrogens is 274 g/mol. The molecule has 2 heterocycles. The average molecular weight is 307 g/mol. The average Bonchev–Trinajstić information content (AvgIpc) is 2.53. The van der Waals surface area contributed by atoms with Crippen molar-refractivity contribution >= 4 is 5.91 Å². The highest BCUT2D eigenvalue weighted by molar-refractivity contribution is 5.76. The quantitative estimate of drug-likeness (QED) is 0.729. The highest BCUT2D eigenvalue weighted by Crippen LogP contribution is 2.22. The molecule has 22 heavy (non-hydrogen) atoms. The van der Waals surface area contributed by atoms with Gasteiger partial charge < -0.3 is 9.80 Å². The van der Waals surface area contributed by atoms with Gasteiger partial charge >= 0.3 is 0 Å². The van der Waals surface area contributed by atoms with E-state index in [2.05, 4.69) is 41.7 Å². The largest absolute Gasteiger partial charge is 0.340 e. The normalized spacial score (nSPS) is 25.5. The third-order valence-electron chi connectivity index (χ3n) is 5.19. The number of hydrogen-bond acceptors (Lipinski definition) is 3. The topological polar surface area (TPSA) is 26.8 Å². The number of allylic oxidation sites excluding steroid dienone is 1. The summed E-state index contributed by atoms with van der Waals surface area (Å²) in [6, 6.07) is 0. The molecule has 1 atom stereocenters. The number of carbonyl (C=O) groups excluding carboxylic acids is 1. The molecule has 0 aliphatic carbocycles. The summed E-state index contributed by atoms with van der Waals surface area (Å²) in [5.41, 5.74) is 1.45. The number of likely N-dealkylation sites (N-methyl/N-ethyl adjacent to an activating group) is 1. The van der Waals surface area contributed by atoms with Gasteiger partial charge in [-0.25, -0.2) is 0 Å². The van der Waals surface area contributed by atoms with Gasteiger partial charge in [-0.2, -0.15) is 0 Å². The van der Waals surface area contributed by atoms with Crippen molar-refractivity contribution in [2.45, 2.75) is 39.5 Å². The first kappa shape index (κ1) is 17.5. The number of rotatable bonds is 5. The van der Waals surface area contributed by atoms with Crippen LogP contribution in [0.2, 0.25) is 0 Å². The van der Waals surface area contributed by atoms with Crippen molar-refractivity contribution in [3.63, 3.8) is 0 Å². The van der Waals surface area contributed by atoms with Crippen LogP contribution in [0.3, 0.4) is 0 Å². The number of likely N-dealkylation sites (tertiary alicyclic amines) is 1. The van der Waals surface area contributed by atoms with E-state index in [0.29, 0.717) is 11.8 Å². The molecule has 4 heteroatoms. The fourth-order valence-electron chi connectivity index (χ4n) is 3.52. The Kier molecular flexibility index (Phi) is 6.90. The van der Waals surface area contributed by atoms with Crippen LogP contribution in [0.25, 0.3) is 0 Å². The van der Waals surface area contributed by atoms with Gasteiger partial charge in [-0.3, -0.25) is 9.69 Å². The van der Waals surface area contributed by atoms with Crippen LogP contribution in [0, 0.1) is 5.92 Å². The minimum Gasteiger partial charge on any atom is -0.340 e. The Morgan fingerprint density at radius 1 is 1.18 bits per heavy atom. The lowest BCUT2D eigenvalue weighted by Crippen LogP contribution is -2.47. The molecular formula is C18H33N3O. The molecule has 0 bridgehead atoms. The summed E-state index contributed by atoms with van der Waals surface area (Å²) in [6.07, 6.45) is 6.59. The van der Waals surface area contributed by atoms with Gasteiger partial charge in [-0.15, -0.1) is 0 Å². The number of piperidine rings is 1. The summed E-state index contributed by atoms with van der Waals surface area (Å²) in [5.74, 6) is 1.07. The number of piperazine rings is 1. The summed E-state index contributed by atoms with van der Waals surface area (Å²) in [4.78, 5) is 19.3. The molecule has 0 N–H and O–H groups in total. The van der Waals surface area contributed by atoms with E-state index in [4.69, 9.17) is 0 Å². The van der Waals surface area contributed by atoms with Crippen molar-refractivity contribution in [2.75, 3.05) is 52.9 Å².